The van der Waals surface area contributed by atoms with E-state index in [1.54, 1.807) is 6.07 Å². The number of hydrogen-bond donors (Lipinski definition) is 1. The fourth-order valence-electron chi connectivity index (χ4n) is 3.50. The van der Waals surface area contributed by atoms with E-state index in [0.717, 1.165) is 25.0 Å². The van der Waals surface area contributed by atoms with E-state index in [2.05, 4.69) is 25.3 Å². The Labute approximate surface area is 162 Å². The minimum absolute atomic E-state index is 0.0983. The summed E-state index contributed by atoms with van der Waals surface area (Å²) in [6, 6.07) is 7.38. The van der Waals surface area contributed by atoms with Crippen LogP contribution < -0.4 is 10.9 Å². The molecule has 8 nitrogen and oxygen atoms in total. The highest BCUT2D eigenvalue weighted by atomic mass is 16.2. The number of hydrogen-bond acceptors (Lipinski definition) is 6. The first-order valence-electron chi connectivity index (χ1n) is 9.48. The van der Waals surface area contributed by atoms with Gasteiger partial charge in [0.1, 0.15) is 5.69 Å². The fraction of sp³-hybridized carbons (Fsp3) is 0.350. The summed E-state index contributed by atoms with van der Waals surface area (Å²) >= 11 is 0. The van der Waals surface area contributed by atoms with Crippen LogP contribution in [-0.2, 0) is 13.1 Å². The van der Waals surface area contributed by atoms with Crippen LogP contribution in [0.5, 0.6) is 0 Å². The maximum absolute atomic E-state index is 12.8. The standard InChI is InChI=1S/C20H22N6O2/c27-19(18-13-21-7-8-22-18)23-14-17-15-5-1-2-6-16(15)20(28)26(24-17)12-11-25-9-3-4-10-25/h1-2,5-8,13H,3-4,9-12,14H2,(H,23,27). The number of benzene rings is 1. The molecule has 1 fully saturated rings. The van der Waals surface area contributed by atoms with Crippen LogP contribution in [0.4, 0.5) is 0 Å². The molecular formula is C20H22N6O2. The Kier molecular flexibility index (Phi) is 5.38. The molecule has 4 rings (SSSR count). The summed E-state index contributed by atoms with van der Waals surface area (Å²) in [7, 11) is 0. The summed E-state index contributed by atoms with van der Waals surface area (Å²) in [5, 5.41) is 8.74. The molecule has 2 aromatic heterocycles. The average molecular weight is 378 g/mol. The average Bonchev–Trinajstić information content (AvgIpc) is 3.27. The van der Waals surface area contributed by atoms with Crippen molar-refractivity contribution in [3.63, 3.8) is 0 Å². The van der Waals surface area contributed by atoms with Crippen molar-refractivity contribution in [1.82, 2.24) is 30.0 Å². The van der Waals surface area contributed by atoms with Crippen LogP contribution in [0.1, 0.15) is 29.0 Å². The second kappa shape index (κ2) is 8.26. The Morgan fingerprint density at radius 1 is 1.07 bits per heavy atom. The van der Waals surface area contributed by atoms with E-state index in [0.29, 0.717) is 17.6 Å². The number of aromatic nitrogens is 4. The van der Waals surface area contributed by atoms with Gasteiger partial charge in [0, 0.05) is 24.3 Å². The Bertz CT molecular complexity index is 1030. The first kappa shape index (κ1) is 18.2. The van der Waals surface area contributed by atoms with Gasteiger partial charge in [-0.3, -0.25) is 14.6 Å². The van der Waals surface area contributed by atoms with Gasteiger partial charge in [-0.25, -0.2) is 9.67 Å². The lowest BCUT2D eigenvalue weighted by atomic mass is 10.1. The highest BCUT2D eigenvalue weighted by Crippen LogP contribution is 2.14. The van der Waals surface area contributed by atoms with Gasteiger partial charge >= 0.3 is 0 Å². The highest BCUT2D eigenvalue weighted by Gasteiger charge is 2.15. The molecule has 0 spiro atoms. The summed E-state index contributed by atoms with van der Waals surface area (Å²) in [5.74, 6) is -0.325. The van der Waals surface area contributed by atoms with Gasteiger partial charge < -0.3 is 10.2 Å². The minimum Gasteiger partial charge on any atom is -0.345 e. The molecule has 1 aliphatic rings. The second-order valence-corrected chi connectivity index (χ2v) is 6.84. The van der Waals surface area contributed by atoms with E-state index in [9.17, 15) is 9.59 Å². The van der Waals surface area contributed by atoms with Crippen LogP contribution in [0.15, 0.2) is 47.7 Å². The monoisotopic (exact) mass is 378 g/mol. The Morgan fingerprint density at radius 3 is 2.61 bits per heavy atom. The number of carbonyl (C=O) groups excluding carboxylic acids is 1. The molecule has 3 heterocycles. The number of amides is 1. The Morgan fingerprint density at radius 2 is 1.86 bits per heavy atom. The highest BCUT2D eigenvalue weighted by molar-refractivity contribution is 5.92. The molecule has 0 radical (unpaired) electrons. The van der Waals surface area contributed by atoms with Crippen LogP contribution in [0.2, 0.25) is 0 Å². The molecule has 8 heteroatoms. The lowest BCUT2D eigenvalue weighted by molar-refractivity contribution is 0.0945. The summed E-state index contributed by atoms with van der Waals surface area (Å²) in [4.78, 5) is 35.4. The molecule has 0 unspecified atom stereocenters. The quantitative estimate of drug-likeness (QED) is 0.693. The van der Waals surface area contributed by atoms with Gasteiger partial charge in [-0.1, -0.05) is 18.2 Å². The summed E-state index contributed by atoms with van der Waals surface area (Å²) in [6.45, 7) is 3.69. The fourth-order valence-corrected chi connectivity index (χ4v) is 3.50. The number of nitrogens with zero attached hydrogens (tertiary/aromatic N) is 5. The molecule has 1 amide bonds. The zero-order chi connectivity index (χ0) is 19.3. The van der Waals surface area contributed by atoms with Crippen LogP contribution >= 0.6 is 0 Å². The summed E-state index contributed by atoms with van der Waals surface area (Å²) in [5.41, 5.74) is 0.807. The SMILES string of the molecule is O=C(NCc1nn(CCN2CCCC2)c(=O)c2ccccc12)c1cnccn1. The molecule has 0 atom stereocenters. The topological polar surface area (TPSA) is 93.0 Å². The van der Waals surface area contributed by atoms with Gasteiger partial charge in [-0.15, -0.1) is 0 Å². The Hall–Kier alpha value is -3.13. The van der Waals surface area contributed by atoms with E-state index < -0.39 is 0 Å². The largest absolute Gasteiger partial charge is 0.345 e. The van der Waals surface area contributed by atoms with Crippen molar-refractivity contribution in [2.45, 2.75) is 25.9 Å². The molecule has 28 heavy (non-hydrogen) atoms. The maximum atomic E-state index is 12.8. The zero-order valence-corrected chi connectivity index (χ0v) is 15.5. The van der Waals surface area contributed by atoms with Crippen LogP contribution in [0.3, 0.4) is 0 Å². The first-order chi connectivity index (χ1) is 13.7. The van der Waals surface area contributed by atoms with E-state index in [-0.39, 0.29) is 23.7 Å². The van der Waals surface area contributed by atoms with Gasteiger partial charge in [-0.05, 0) is 32.0 Å². The normalized spacial score (nSPS) is 14.4. The third-order valence-corrected chi connectivity index (χ3v) is 4.98. The van der Waals surface area contributed by atoms with Crippen molar-refractivity contribution < 1.29 is 4.79 Å². The number of rotatable bonds is 6. The van der Waals surface area contributed by atoms with Gasteiger partial charge in [-0.2, -0.15) is 5.10 Å². The van der Waals surface area contributed by atoms with Gasteiger partial charge in [0.15, 0.2) is 0 Å². The predicted molar refractivity (Wildman–Crippen MR) is 105 cm³/mol. The van der Waals surface area contributed by atoms with E-state index in [4.69, 9.17) is 0 Å². The second-order valence-electron chi connectivity index (χ2n) is 6.84. The third kappa shape index (κ3) is 3.91. The molecule has 1 N–H and O–H groups in total. The third-order valence-electron chi connectivity index (χ3n) is 4.98. The smallest absolute Gasteiger partial charge is 0.274 e. The lowest BCUT2D eigenvalue weighted by Gasteiger charge is -2.16. The molecule has 0 aliphatic carbocycles. The molecule has 1 saturated heterocycles. The predicted octanol–water partition coefficient (Wildman–Crippen LogP) is 1.21. The number of carbonyl (C=O) groups is 1. The van der Waals surface area contributed by atoms with E-state index >= 15 is 0 Å². The lowest BCUT2D eigenvalue weighted by Crippen LogP contribution is -2.32. The van der Waals surface area contributed by atoms with Gasteiger partial charge in [0.05, 0.1) is 30.4 Å². The van der Waals surface area contributed by atoms with E-state index in [1.807, 2.05) is 18.2 Å². The zero-order valence-electron chi connectivity index (χ0n) is 15.5. The van der Waals surface area contributed by atoms with Crippen molar-refractivity contribution in [2.24, 2.45) is 0 Å². The molecule has 0 saturated carbocycles. The number of nitrogens with one attached hydrogen (secondary N) is 1. The van der Waals surface area contributed by atoms with Crippen LogP contribution in [0, 0.1) is 0 Å². The van der Waals surface area contributed by atoms with Crippen molar-refractivity contribution in [2.75, 3.05) is 19.6 Å². The molecule has 1 aliphatic heterocycles. The molecule has 1 aromatic carbocycles. The molecular weight excluding hydrogens is 356 g/mol. The molecule has 144 valence electrons. The van der Waals surface area contributed by atoms with Crippen molar-refractivity contribution in [3.05, 3.63) is 64.6 Å². The van der Waals surface area contributed by atoms with Gasteiger partial charge in [0.25, 0.3) is 11.5 Å². The summed E-state index contributed by atoms with van der Waals surface area (Å²) < 4.78 is 1.52. The van der Waals surface area contributed by atoms with Crippen LogP contribution in [0.25, 0.3) is 10.8 Å². The van der Waals surface area contributed by atoms with Crippen molar-refractivity contribution in [3.8, 4) is 0 Å². The molecule has 3 aromatic rings. The minimum atomic E-state index is -0.325. The number of fused-ring (bicyclic) bond motifs is 1. The van der Waals surface area contributed by atoms with E-state index in [1.165, 1.54) is 36.1 Å². The van der Waals surface area contributed by atoms with Gasteiger partial charge in [0.2, 0.25) is 0 Å². The van der Waals surface area contributed by atoms with Crippen molar-refractivity contribution in [1.29, 1.82) is 0 Å². The van der Waals surface area contributed by atoms with Crippen LogP contribution in [-0.4, -0.2) is 50.2 Å². The first-order valence-corrected chi connectivity index (χ1v) is 9.48. The maximum Gasteiger partial charge on any atom is 0.274 e. The summed E-state index contributed by atoms with van der Waals surface area (Å²) in [6.07, 6.45) is 6.82. The Balaban J connectivity index is 1.58. The van der Waals surface area contributed by atoms with Crippen molar-refractivity contribution >= 4 is 16.7 Å². The molecule has 0 bridgehead atoms. The number of likely N-dealkylation sites (tertiary alicyclic amines) is 1.